The fourth-order valence-corrected chi connectivity index (χ4v) is 3.28. The Kier molecular flexibility index (Phi) is 5.47. The second-order valence-electron chi connectivity index (χ2n) is 4.99. The molecule has 1 heterocycles. The summed E-state index contributed by atoms with van der Waals surface area (Å²) < 4.78 is 5.29. The molecule has 1 N–H and O–H groups in total. The van der Waals surface area contributed by atoms with Crippen LogP contribution in [0, 0.1) is 5.92 Å². The number of rotatable bonds is 7. The van der Waals surface area contributed by atoms with Gasteiger partial charge < -0.3 is 15.0 Å². The van der Waals surface area contributed by atoms with Gasteiger partial charge in [-0.2, -0.15) is 0 Å². The zero-order valence-corrected chi connectivity index (χ0v) is 13.7. The van der Waals surface area contributed by atoms with Gasteiger partial charge in [0, 0.05) is 12.6 Å². The average molecular weight is 331 g/mol. The second-order valence-corrected chi connectivity index (χ2v) is 6.14. The molecule has 21 heavy (non-hydrogen) atoms. The van der Waals surface area contributed by atoms with Crippen molar-refractivity contribution in [3.8, 4) is 5.06 Å². The van der Waals surface area contributed by atoms with Crippen molar-refractivity contribution in [1.82, 2.24) is 10.2 Å². The van der Waals surface area contributed by atoms with Crippen LogP contribution < -0.4 is 10.1 Å². The van der Waals surface area contributed by atoms with Gasteiger partial charge in [-0.05, 0) is 30.2 Å². The zero-order valence-electron chi connectivity index (χ0n) is 12.1. The molecule has 116 valence electrons. The highest BCUT2D eigenvalue weighted by Crippen LogP contribution is 2.37. The monoisotopic (exact) mass is 330 g/mol. The van der Waals surface area contributed by atoms with Crippen molar-refractivity contribution in [1.29, 1.82) is 0 Å². The lowest BCUT2D eigenvalue weighted by atomic mass is 10.1. The van der Waals surface area contributed by atoms with Gasteiger partial charge in [0.2, 0.25) is 11.8 Å². The first-order chi connectivity index (χ1) is 10.1. The zero-order chi connectivity index (χ0) is 15.4. The van der Waals surface area contributed by atoms with Crippen molar-refractivity contribution in [3.05, 3.63) is 17.0 Å². The molecular weight excluding hydrogens is 312 g/mol. The van der Waals surface area contributed by atoms with Crippen molar-refractivity contribution in [2.75, 3.05) is 20.0 Å². The fraction of sp³-hybridized carbons (Fsp3) is 0.571. The van der Waals surface area contributed by atoms with E-state index in [1.54, 1.807) is 19.1 Å². The quantitative estimate of drug-likeness (QED) is 0.776. The van der Waals surface area contributed by atoms with Crippen LogP contribution in [0.2, 0.25) is 0 Å². The highest BCUT2D eigenvalue weighted by Gasteiger charge is 2.41. The Morgan fingerprint density at radius 1 is 1.57 bits per heavy atom. The Balaban J connectivity index is 2.24. The number of carbonyl (C=O) groups is 2. The summed E-state index contributed by atoms with van der Waals surface area (Å²) in [7, 11) is 3.19. The summed E-state index contributed by atoms with van der Waals surface area (Å²) in [4.78, 5) is 25.9. The van der Waals surface area contributed by atoms with E-state index in [0.29, 0.717) is 6.54 Å². The van der Waals surface area contributed by atoms with E-state index in [4.69, 9.17) is 16.3 Å². The molecule has 0 aliphatic heterocycles. The maximum absolute atomic E-state index is 12.2. The van der Waals surface area contributed by atoms with Crippen LogP contribution in [0.4, 0.5) is 0 Å². The Bertz CT molecular complexity index is 516. The second kappa shape index (κ2) is 7.13. The van der Waals surface area contributed by atoms with Gasteiger partial charge in [0.25, 0.3) is 0 Å². The molecule has 1 atom stereocenters. The molecule has 1 aliphatic carbocycles. The lowest BCUT2D eigenvalue weighted by Gasteiger charge is -2.30. The lowest BCUT2D eigenvalue weighted by Crippen LogP contribution is -2.50. The highest BCUT2D eigenvalue weighted by atomic mass is 35.5. The number of hydrogen-bond acceptors (Lipinski definition) is 4. The summed E-state index contributed by atoms with van der Waals surface area (Å²) in [6.07, 6.45) is 1.93. The summed E-state index contributed by atoms with van der Waals surface area (Å²) in [5.41, 5.74) is 0.899. The van der Waals surface area contributed by atoms with Crippen molar-refractivity contribution in [2.24, 2.45) is 5.92 Å². The minimum atomic E-state index is -0.453. The molecule has 0 unspecified atom stereocenters. The van der Waals surface area contributed by atoms with Crippen LogP contribution in [0.1, 0.15) is 18.4 Å². The van der Waals surface area contributed by atoms with E-state index < -0.39 is 6.04 Å². The van der Waals surface area contributed by atoms with Gasteiger partial charge in [-0.15, -0.1) is 22.9 Å². The predicted molar refractivity (Wildman–Crippen MR) is 82.7 cm³/mol. The maximum Gasteiger partial charge on any atom is 0.242 e. The molecule has 1 fully saturated rings. The van der Waals surface area contributed by atoms with Gasteiger partial charge in [0.1, 0.15) is 11.9 Å². The van der Waals surface area contributed by atoms with E-state index in [1.165, 1.54) is 11.3 Å². The number of ether oxygens (including phenoxy) is 1. The Hall–Kier alpha value is -1.27. The van der Waals surface area contributed by atoms with E-state index in [2.05, 4.69) is 5.32 Å². The molecule has 2 amide bonds. The number of nitrogens with one attached hydrogen (secondary N) is 1. The van der Waals surface area contributed by atoms with E-state index in [0.717, 1.165) is 23.5 Å². The standard InChI is InChI=1S/C14H19ClN2O3S/c1-16-13(19)12(9-3-4-9)17(11(18)7-15)8-10-5-6-21-14(10)20-2/h5-6,9,12H,3-4,7-8H2,1-2H3,(H,16,19)/t12-/m0/s1. The van der Waals surface area contributed by atoms with Crippen LogP contribution in [-0.2, 0) is 16.1 Å². The molecule has 0 bridgehead atoms. The van der Waals surface area contributed by atoms with Gasteiger partial charge in [-0.25, -0.2) is 0 Å². The number of methoxy groups -OCH3 is 1. The lowest BCUT2D eigenvalue weighted by molar-refractivity contribution is -0.140. The summed E-state index contributed by atoms with van der Waals surface area (Å²) in [6.45, 7) is 0.340. The van der Waals surface area contributed by atoms with Crippen molar-refractivity contribution >= 4 is 34.8 Å². The van der Waals surface area contributed by atoms with Gasteiger partial charge in [-0.1, -0.05) is 0 Å². The molecule has 1 aliphatic rings. The Morgan fingerprint density at radius 2 is 2.29 bits per heavy atom. The summed E-state index contributed by atoms with van der Waals surface area (Å²) in [6, 6.07) is 1.46. The van der Waals surface area contributed by atoms with Crippen molar-refractivity contribution < 1.29 is 14.3 Å². The predicted octanol–water partition coefficient (Wildman–Crippen LogP) is 1.85. The molecule has 0 spiro atoms. The van der Waals surface area contributed by atoms with Crippen LogP contribution in [0.5, 0.6) is 5.06 Å². The van der Waals surface area contributed by atoms with E-state index in [-0.39, 0.29) is 23.6 Å². The number of hydrogen-bond donors (Lipinski definition) is 1. The molecule has 1 aromatic heterocycles. The molecule has 0 aromatic carbocycles. The van der Waals surface area contributed by atoms with Gasteiger partial charge in [0.15, 0.2) is 5.06 Å². The Morgan fingerprint density at radius 3 is 2.81 bits per heavy atom. The highest BCUT2D eigenvalue weighted by molar-refractivity contribution is 7.12. The third-order valence-electron chi connectivity index (χ3n) is 3.59. The molecule has 5 nitrogen and oxygen atoms in total. The van der Waals surface area contributed by atoms with E-state index in [9.17, 15) is 9.59 Å². The van der Waals surface area contributed by atoms with E-state index >= 15 is 0 Å². The van der Waals surface area contributed by atoms with E-state index in [1.807, 2.05) is 11.4 Å². The minimum absolute atomic E-state index is 0.132. The maximum atomic E-state index is 12.2. The normalized spacial score (nSPS) is 15.4. The SMILES string of the molecule is CNC(=O)[C@H](C1CC1)N(Cc1ccsc1OC)C(=O)CCl. The van der Waals surface area contributed by atoms with Crippen LogP contribution in [-0.4, -0.2) is 42.8 Å². The minimum Gasteiger partial charge on any atom is -0.487 e. The number of nitrogens with zero attached hydrogens (tertiary/aromatic N) is 1. The molecule has 1 aromatic rings. The molecule has 1 saturated carbocycles. The van der Waals surface area contributed by atoms with Crippen LogP contribution in [0.15, 0.2) is 11.4 Å². The summed E-state index contributed by atoms with van der Waals surface area (Å²) in [5.74, 6) is -0.274. The number of thiophene rings is 1. The number of halogens is 1. The third kappa shape index (κ3) is 3.68. The fourth-order valence-electron chi connectivity index (χ4n) is 2.39. The third-order valence-corrected chi connectivity index (χ3v) is 4.73. The number of amides is 2. The van der Waals surface area contributed by atoms with Crippen molar-refractivity contribution in [3.63, 3.8) is 0 Å². The van der Waals surface area contributed by atoms with Crippen LogP contribution in [0.3, 0.4) is 0 Å². The first kappa shape index (κ1) is 16.1. The smallest absolute Gasteiger partial charge is 0.242 e. The topological polar surface area (TPSA) is 58.6 Å². The van der Waals surface area contributed by atoms with Crippen LogP contribution in [0.25, 0.3) is 0 Å². The molecule has 0 radical (unpaired) electrons. The number of likely N-dealkylation sites (N-methyl/N-ethyl adjacent to an activating group) is 1. The average Bonchev–Trinajstić information content (AvgIpc) is 3.23. The van der Waals surface area contributed by atoms with Crippen molar-refractivity contribution in [2.45, 2.75) is 25.4 Å². The molecular formula is C14H19ClN2O3S. The number of carbonyl (C=O) groups excluding carboxylic acids is 2. The number of alkyl halides is 1. The largest absolute Gasteiger partial charge is 0.487 e. The molecule has 2 rings (SSSR count). The first-order valence-corrected chi connectivity index (χ1v) is 8.21. The molecule has 7 heteroatoms. The van der Waals surface area contributed by atoms with Crippen LogP contribution >= 0.6 is 22.9 Å². The molecule has 0 saturated heterocycles. The Labute approximate surface area is 133 Å². The van der Waals surface area contributed by atoms with Gasteiger partial charge in [-0.3, -0.25) is 9.59 Å². The summed E-state index contributed by atoms with van der Waals surface area (Å²) >= 11 is 7.19. The first-order valence-electron chi connectivity index (χ1n) is 6.79. The summed E-state index contributed by atoms with van der Waals surface area (Å²) in [5, 5.41) is 5.31. The van der Waals surface area contributed by atoms with Gasteiger partial charge >= 0.3 is 0 Å². The van der Waals surface area contributed by atoms with Gasteiger partial charge in [0.05, 0.1) is 13.7 Å².